The van der Waals surface area contributed by atoms with Crippen molar-refractivity contribution in [3.8, 4) is 0 Å². The third kappa shape index (κ3) is 3.75. The average molecular weight is 220 g/mol. The first-order valence-corrected chi connectivity index (χ1v) is 4.35. The Bertz CT molecular complexity index is 308. The molecule has 3 nitrogen and oxygen atoms in total. The van der Waals surface area contributed by atoms with E-state index >= 15 is 0 Å². The molecule has 0 spiro atoms. The minimum absolute atomic E-state index is 0.248. The topological polar surface area (TPSA) is 45.1 Å². The number of aliphatic hydroxyl groups is 1. The van der Waals surface area contributed by atoms with E-state index < -0.39 is 17.8 Å². The molecule has 1 aromatic heterocycles. The summed E-state index contributed by atoms with van der Waals surface area (Å²) >= 11 is 0. The molecule has 0 aliphatic carbocycles. The molecule has 0 amide bonds. The van der Waals surface area contributed by atoms with Crippen LogP contribution in [0.1, 0.15) is 12.5 Å². The number of rotatable bonds is 3. The van der Waals surface area contributed by atoms with Crippen LogP contribution in [-0.2, 0) is 6.18 Å². The van der Waals surface area contributed by atoms with Crippen molar-refractivity contribution in [3.05, 3.63) is 23.9 Å². The Morgan fingerprint density at radius 2 is 2.13 bits per heavy atom. The second-order valence-electron chi connectivity index (χ2n) is 3.16. The molecule has 1 heterocycles. The molecule has 1 aromatic rings. The SMILES string of the molecule is C[C@H](O)CNc1ccc(C(F)(F)F)cn1. The Hall–Kier alpha value is -1.30. The van der Waals surface area contributed by atoms with E-state index in [0.717, 1.165) is 12.3 Å². The molecule has 0 unspecified atom stereocenters. The van der Waals surface area contributed by atoms with Crippen molar-refractivity contribution >= 4 is 5.82 Å². The van der Waals surface area contributed by atoms with E-state index in [2.05, 4.69) is 10.3 Å². The first-order valence-electron chi connectivity index (χ1n) is 4.35. The van der Waals surface area contributed by atoms with Gasteiger partial charge in [0.2, 0.25) is 0 Å². The highest BCUT2D eigenvalue weighted by Crippen LogP contribution is 2.28. The Labute approximate surface area is 85.0 Å². The fourth-order valence-corrected chi connectivity index (χ4v) is 0.918. The Morgan fingerprint density at radius 1 is 1.47 bits per heavy atom. The van der Waals surface area contributed by atoms with Crippen LogP contribution in [0.4, 0.5) is 19.0 Å². The summed E-state index contributed by atoms with van der Waals surface area (Å²) in [4.78, 5) is 3.57. The quantitative estimate of drug-likeness (QED) is 0.817. The van der Waals surface area contributed by atoms with E-state index in [9.17, 15) is 13.2 Å². The maximum Gasteiger partial charge on any atom is 0.417 e. The number of hydrogen-bond donors (Lipinski definition) is 2. The van der Waals surface area contributed by atoms with Crippen LogP contribution >= 0.6 is 0 Å². The molecule has 6 heteroatoms. The third-order valence-electron chi connectivity index (χ3n) is 1.67. The fourth-order valence-electron chi connectivity index (χ4n) is 0.918. The lowest BCUT2D eigenvalue weighted by Gasteiger charge is -2.09. The summed E-state index contributed by atoms with van der Waals surface area (Å²) in [5, 5.41) is 11.6. The molecule has 0 aromatic carbocycles. The average Bonchev–Trinajstić information content (AvgIpc) is 2.14. The largest absolute Gasteiger partial charge is 0.417 e. The van der Waals surface area contributed by atoms with Crippen LogP contribution in [0, 0.1) is 0 Å². The molecule has 0 saturated carbocycles. The molecule has 0 bridgehead atoms. The molecule has 84 valence electrons. The summed E-state index contributed by atoms with van der Waals surface area (Å²) in [6.07, 6.45) is -4.19. The van der Waals surface area contributed by atoms with Crippen LogP contribution in [-0.4, -0.2) is 22.7 Å². The van der Waals surface area contributed by atoms with Crippen LogP contribution in [0.15, 0.2) is 18.3 Å². The van der Waals surface area contributed by atoms with Crippen molar-refractivity contribution in [2.45, 2.75) is 19.2 Å². The molecule has 0 radical (unpaired) electrons. The van der Waals surface area contributed by atoms with E-state index in [-0.39, 0.29) is 6.54 Å². The number of aromatic nitrogens is 1. The number of nitrogens with one attached hydrogen (secondary N) is 1. The van der Waals surface area contributed by atoms with E-state index in [0.29, 0.717) is 5.82 Å². The highest BCUT2D eigenvalue weighted by Gasteiger charge is 2.30. The van der Waals surface area contributed by atoms with Gasteiger partial charge >= 0.3 is 6.18 Å². The van der Waals surface area contributed by atoms with Crippen molar-refractivity contribution in [1.29, 1.82) is 0 Å². The van der Waals surface area contributed by atoms with Crippen molar-refractivity contribution in [2.24, 2.45) is 0 Å². The van der Waals surface area contributed by atoms with Crippen LogP contribution in [0.3, 0.4) is 0 Å². The van der Waals surface area contributed by atoms with Gasteiger partial charge in [-0.25, -0.2) is 4.98 Å². The van der Waals surface area contributed by atoms with Gasteiger partial charge in [0.05, 0.1) is 11.7 Å². The molecular formula is C9H11F3N2O. The number of nitrogens with zero attached hydrogens (tertiary/aromatic N) is 1. The Kier molecular flexibility index (Phi) is 3.52. The van der Waals surface area contributed by atoms with E-state index in [1.807, 2.05) is 0 Å². The zero-order chi connectivity index (χ0) is 11.5. The maximum absolute atomic E-state index is 12.1. The van der Waals surface area contributed by atoms with Crippen molar-refractivity contribution in [2.75, 3.05) is 11.9 Å². The second-order valence-corrected chi connectivity index (χ2v) is 3.16. The molecule has 0 aliphatic rings. The van der Waals surface area contributed by atoms with Gasteiger partial charge in [0.15, 0.2) is 0 Å². The van der Waals surface area contributed by atoms with Crippen LogP contribution in [0.2, 0.25) is 0 Å². The van der Waals surface area contributed by atoms with Crippen molar-refractivity contribution in [1.82, 2.24) is 4.98 Å². The van der Waals surface area contributed by atoms with Crippen LogP contribution in [0.5, 0.6) is 0 Å². The number of hydrogen-bond acceptors (Lipinski definition) is 3. The van der Waals surface area contributed by atoms with Gasteiger partial charge in [0.1, 0.15) is 5.82 Å². The number of alkyl halides is 3. The van der Waals surface area contributed by atoms with Gasteiger partial charge in [0.25, 0.3) is 0 Å². The van der Waals surface area contributed by atoms with Gasteiger partial charge in [-0.05, 0) is 19.1 Å². The van der Waals surface area contributed by atoms with Gasteiger partial charge in [-0.2, -0.15) is 13.2 Å². The molecule has 1 atom stereocenters. The minimum Gasteiger partial charge on any atom is -0.392 e. The van der Waals surface area contributed by atoms with Gasteiger partial charge < -0.3 is 10.4 Å². The predicted molar refractivity (Wildman–Crippen MR) is 49.4 cm³/mol. The first-order chi connectivity index (χ1) is 6.89. The third-order valence-corrected chi connectivity index (χ3v) is 1.67. The molecule has 0 fully saturated rings. The molecule has 1 rings (SSSR count). The Balaban J connectivity index is 2.65. The summed E-state index contributed by atoms with van der Waals surface area (Å²) in [6.45, 7) is 1.81. The second kappa shape index (κ2) is 4.48. The fraction of sp³-hybridized carbons (Fsp3) is 0.444. The number of halogens is 3. The van der Waals surface area contributed by atoms with Gasteiger partial charge in [-0.15, -0.1) is 0 Å². The first kappa shape index (κ1) is 11.8. The summed E-state index contributed by atoms with van der Waals surface area (Å²) < 4.78 is 36.4. The van der Waals surface area contributed by atoms with Gasteiger partial charge in [-0.3, -0.25) is 0 Å². The van der Waals surface area contributed by atoms with Crippen LogP contribution < -0.4 is 5.32 Å². The normalized spacial score (nSPS) is 13.7. The summed E-state index contributed by atoms with van der Waals surface area (Å²) in [6, 6.07) is 2.17. The predicted octanol–water partition coefficient (Wildman–Crippen LogP) is 1.89. The van der Waals surface area contributed by atoms with E-state index in [1.54, 1.807) is 6.92 Å². The maximum atomic E-state index is 12.1. The molecule has 15 heavy (non-hydrogen) atoms. The number of aliphatic hydroxyl groups excluding tert-OH is 1. The molecule has 2 N–H and O–H groups in total. The Morgan fingerprint density at radius 3 is 2.53 bits per heavy atom. The molecule has 0 aliphatic heterocycles. The highest BCUT2D eigenvalue weighted by molar-refractivity contribution is 5.36. The van der Waals surface area contributed by atoms with Gasteiger partial charge in [0, 0.05) is 12.7 Å². The lowest BCUT2D eigenvalue weighted by molar-refractivity contribution is -0.137. The number of pyridine rings is 1. The monoisotopic (exact) mass is 220 g/mol. The van der Waals surface area contributed by atoms with E-state index in [4.69, 9.17) is 5.11 Å². The minimum atomic E-state index is -4.37. The zero-order valence-corrected chi connectivity index (χ0v) is 8.04. The summed E-state index contributed by atoms with van der Waals surface area (Å²) in [5.41, 5.74) is -0.787. The molecule has 0 saturated heterocycles. The number of anilines is 1. The standard InChI is InChI=1S/C9H11F3N2O/c1-6(15)4-13-8-3-2-7(5-14-8)9(10,11)12/h2-3,5-6,15H,4H2,1H3,(H,13,14)/t6-/m0/s1. The zero-order valence-electron chi connectivity index (χ0n) is 8.04. The lowest BCUT2D eigenvalue weighted by Crippen LogP contribution is -2.16. The molecular weight excluding hydrogens is 209 g/mol. The van der Waals surface area contributed by atoms with Crippen molar-refractivity contribution < 1.29 is 18.3 Å². The van der Waals surface area contributed by atoms with Crippen molar-refractivity contribution in [3.63, 3.8) is 0 Å². The highest BCUT2D eigenvalue weighted by atomic mass is 19.4. The lowest BCUT2D eigenvalue weighted by atomic mass is 10.3. The summed E-state index contributed by atoms with van der Waals surface area (Å²) in [5.74, 6) is 0.309. The summed E-state index contributed by atoms with van der Waals surface area (Å²) in [7, 11) is 0. The van der Waals surface area contributed by atoms with Crippen LogP contribution in [0.25, 0.3) is 0 Å². The smallest absolute Gasteiger partial charge is 0.392 e. The van der Waals surface area contributed by atoms with Gasteiger partial charge in [-0.1, -0.05) is 0 Å². The van der Waals surface area contributed by atoms with E-state index in [1.165, 1.54) is 6.07 Å².